The number of carbonyl (C=O) groups is 2. The summed E-state index contributed by atoms with van der Waals surface area (Å²) in [4.78, 5) is 24.6. The fraction of sp³-hybridized carbons (Fsp3) is 0.263. The van der Waals surface area contributed by atoms with E-state index < -0.39 is 0 Å². The number of anilines is 2. The Morgan fingerprint density at radius 2 is 1.52 bits per heavy atom. The number of quaternary nitrogens is 1. The molecule has 0 heterocycles. The summed E-state index contributed by atoms with van der Waals surface area (Å²) in [5.41, 5.74) is 2.25. The Balaban J connectivity index is 1.93. The summed E-state index contributed by atoms with van der Waals surface area (Å²) in [5, 5.41) is 6.17. The minimum atomic E-state index is -0.186. The molecule has 0 unspecified atom stereocenters. The largest absolute Gasteiger partial charge is 0.321 e. The molecule has 0 spiro atoms. The molecule has 6 heteroatoms. The van der Waals surface area contributed by atoms with E-state index in [0.29, 0.717) is 10.7 Å². The number of amides is 2. The Morgan fingerprint density at radius 3 is 2.12 bits per heavy atom. The highest BCUT2D eigenvalue weighted by Gasteiger charge is 2.24. The molecule has 2 aromatic rings. The monoisotopic (exact) mass is 360 g/mol. The van der Waals surface area contributed by atoms with E-state index in [9.17, 15) is 9.59 Å². The number of hydrogen-bond donors (Lipinski definition) is 2. The molecule has 0 radical (unpaired) electrons. The van der Waals surface area contributed by atoms with Crippen molar-refractivity contribution in [1.82, 2.24) is 0 Å². The third-order valence-corrected chi connectivity index (χ3v) is 4.00. The summed E-state index contributed by atoms with van der Waals surface area (Å²) in [6.45, 7) is 2.23. The first kappa shape index (κ1) is 19.0. The number of para-hydroxylation sites is 2. The number of benzene rings is 2. The maximum Gasteiger partial charge on any atom is 0.279 e. The third kappa shape index (κ3) is 5.89. The van der Waals surface area contributed by atoms with Crippen LogP contribution in [0.25, 0.3) is 0 Å². The summed E-state index contributed by atoms with van der Waals surface area (Å²) >= 11 is 6.14. The van der Waals surface area contributed by atoms with Crippen molar-refractivity contribution in [3.05, 3.63) is 59.1 Å². The van der Waals surface area contributed by atoms with Crippen molar-refractivity contribution in [3.63, 3.8) is 0 Å². The fourth-order valence-corrected chi connectivity index (χ4v) is 2.79. The Bertz CT molecular complexity index is 740. The standard InChI is InChI=1S/C19H22ClN3O2/c1-14-8-7-11-16(20)19(14)22-18(25)13-23(2,3)12-17(24)21-15-9-5-4-6-10-15/h4-11H,12-13H2,1-3H3,(H-,21,22,24,25)/p+1. The number of rotatable bonds is 6. The number of aryl methyl sites for hydroxylation is 1. The molecule has 2 amide bonds. The first-order chi connectivity index (χ1) is 11.8. The Kier molecular flexibility index (Phi) is 6.17. The molecule has 0 fully saturated rings. The van der Waals surface area contributed by atoms with E-state index >= 15 is 0 Å². The average molecular weight is 361 g/mol. The molecular weight excluding hydrogens is 338 g/mol. The van der Waals surface area contributed by atoms with Crippen molar-refractivity contribution >= 4 is 34.8 Å². The van der Waals surface area contributed by atoms with Crippen LogP contribution in [-0.2, 0) is 9.59 Å². The molecular formula is C19H23ClN3O2+. The van der Waals surface area contributed by atoms with Crippen LogP contribution in [0, 0.1) is 6.92 Å². The second kappa shape index (κ2) is 8.14. The van der Waals surface area contributed by atoms with Gasteiger partial charge in [-0.05, 0) is 30.7 Å². The van der Waals surface area contributed by atoms with Gasteiger partial charge in [0.25, 0.3) is 11.8 Å². The van der Waals surface area contributed by atoms with Crippen molar-refractivity contribution < 1.29 is 14.1 Å². The minimum absolute atomic E-state index is 0.141. The summed E-state index contributed by atoms with van der Waals surface area (Å²) in [7, 11) is 3.67. The zero-order chi connectivity index (χ0) is 18.4. The maximum absolute atomic E-state index is 12.4. The highest BCUT2D eigenvalue weighted by Crippen LogP contribution is 2.25. The van der Waals surface area contributed by atoms with Crippen LogP contribution in [0.5, 0.6) is 0 Å². The molecule has 0 saturated carbocycles. The number of nitrogens with one attached hydrogen (secondary N) is 2. The summed E-state index contributed by atoms with van der Waals surface area (Å²) in [5.74, 6) is -0.327. The van der Waals surface area contributed by atoms with Gasteiger partial charge in [0.1, 0.15) is 0 Å². The van der Waals surface area contributed by atoms with Gasteiger partial charge in [0.2, 0.25) is 0 Å². The number of hydrogen-bond acceptors (Lipinski definition) is 2. The van der Waals surface area contributed by atoms with Gasteiger partial charge in [0.15, 0.2) is 13.1 Å². The van der Waals surface area contributed by atoms with Gasteiger partial charge in [-0.2, -0.15) is 0 Å². The highest BCUT2D eigenvalue weighted by atomic mass is 35.5. The molecule has 2 aromatic carbocycles. The second-order valence-electron chi connectivity index (χ2n) is 6.65. The lowest BCUT2D eigenvalue weighted by atomic mass is 10.2. The highest BCUT2D eigenvalue weighted by molar-refractivity contribution is 6.33. The van der Waals surface area contributed by atoms with E-state index in [4.69, 9.17) is 11.6 Å². The van der Waals surface area contributed by atoms with Crippen molar-refractivity contribution in [3.8, 4) is 0 Å². The van der Waals surface area contributed by atoms with Crippen LogP contribution >= 0.6 is 11.6 Å². The first-order valence-corrected chi connectivity index (χ1v) is 8.36. The number of carbonyl (C=O) groups excluding carboxylic acids is 2. The van der Waals surface area contributed by atoms with Crippen molar-refractivity contribution in [1.29, 1.82) is 0 Å². The summed E-state index contributed by atoms with van der Waals surface area (Å²) in [6, 6.07) is 14.7. The topological polar surface area (TPSA) is 58.2 Å². The molecule has 5 nitrogen and oxygen atoms in total. The van der Waals surface area contributed by atoms with Gasteiger partial charge in [-0.15, -0.1) is 0 Å². The van der Waals surface area contributed by atoms with Gasteiger partial charge in [-0.1, -0.05) is 41.9 Å². The fourth-order valence-electron chi connectivity index (χ4n) is 2.52. The second-order valence-corrected chi connectivity index (χ2v) is 7.05. The van der Waals surface area contributed by atoms with E-state index in [1.807, 2.05) is 63.5 Å². The molecule has 0 saturated heterocycles. The van der Waals surface area contributed by atoms with Gasteiger partial charge in [0.05, 0.1) is 24.8 Å². The van der Waals surface area contributed by atoms with Crippen LogP contribution in [0.4, 0.5) is 11.4 Å². The minimum Gasteiger partial charge on any atom is -0.321 e. The van der Waals surface area contributed by atoms with Crippen LogP contribution in [0.2, 0.25) is 5.02 Å². The van der Waals surface area contributed by atoms with Gasteiger partial charge in [-0.25, -0.2) is 0 Å². The number of halogens is 1. The molecule has 25 heavy (non-hydrogen) atoms. The molecule has 2 rings (SSSR count). The quantitative estimate of drug-likeness (QED) is 0.776. The zero-order valence-corrected chi connectivity index (χ0v) is 15.4. The summed E-state index contributed by atoms with van der Waals surface area (Å²) < 4.78 is 0.230. The summed E-state index contributed by atoms with van der Waals surface area (Å²) in [6.07, 6.45) is 0. The molecule has 2 N–H and O–H groups in total. The average Bonchev–Trinajstić information content (AvgIpc) is 2.50. The van der Waals surface area contributed by atoms with Crippen LogP contribution < -0.4 is 10.6 Å². The smallest absolute Gasteiger partial charge is 0.279 e. The predicted octanol–water partition coefficient (Wildman–Crippen LogP) is 3.30. The molecule has 0 aliphatic rings. The Morgan fingerprint density at radius 1 is 0.920 bits per heavy atom. The first-order valence-electron chi connectivity index (χ1n) is 7.99. The Labute approximate surface area is 153 Å². The molecule has 132 valence electrons. The third-order valence-electron chi connectivity index (χ3n) is 3.69. The molecule has 0 bridgehead atoms. The SMILES string of the molecule is Cc1cccc(Cl)c1NC(=O)C[N+](C)(C)CC(=O)Nc1ccccc1. The normalized spacial score (nSPS) is 11.0. The van der Waals surface area contributed by atoms with E-state index in [2.05, 4.69) is 10.6 Å². The van der Waals surface area contributed by atoms with E-state index in [-0.39, 0.29) is 29.4 Å². The number of nitrogens with zero attached hydrogens (tertiary/aromatic N) is 1. The number of likely N-dealkylation sites (N-methyl/N-ethyl adjacent to an activating group) is 1. The molecule has 0 aliphatic carbocycles. The van der Waals surface area contributed by atoms with Crippen LogP contribution in [0.3, 0.4) is 0 Å². The van der Waals surface area contributed by atoms with Crippen LogP contribution in [-0.4, -0.2) is 43.5 Å². The van der Waals surface area contributed by atoms with Crippen LogP contribution in [0.15, 0.2) is 48.5 Å². The zero-order valence-electron chi connectivity index (χ0n) is 14.7. The van der Waals surface area contributed by atoms with E-state index in [1.54, 1.807) is 6.07 Å². The lowest BCUT2D eigenvalue weighted by Crippen LogP contribution is -2.49. The molecule has 0 aromatic heterocycles. The lowest BCUT2D eigenvalue weighted by Gasteiger charge is -2.28. The Hall–Kier alpha value is -2.37. The van der Waals surface area contributed by atoms with Crippen LogP contribution in [0.1, 0.15) is 5.56 Å². The van der Waals surface area contributed by atoms with E-state index in [0.717, 1.165) is 11.3 Å². The van der Waals surface area contributed by atoms with Gasteiger partial charge >= 0.3 is 0 Å². The van der Waals surface area contributed by atoms with Crippen molar-refractivity contribution in [2.24, 2.45) is 0 Å². The van der Waals surface area contributed by atoms with E-state index in [1.165, 1.54) is 0 Å². The van der Waals surface area contributed by atoms with Gasteiger partial charge < -0.3 is 15.1 Å². The predicted molar refractivity (Wildman–Crippen MR) is 102 cm³/mol. The van der Waals surface area contributed by atoms with Gasteiger partial charge in [0, 0.05) is 5.69 Å². The molecule has 0 aliphatic heterocycles. The van der Waals surface area contributed by atoms with Gasteiger partial charge in [-0.3, -0.25) is 9.59 Å². The lowest BCUT2D eigenvalue weighted by molar-refractivity contribution is -0.874. The van der Waals surface area contributed by atoms with Crippen molar-refractivity contribution in [2.75, 3.05) is 37.8 Å². The maximum atomic E-state index is 12.4. The molecule has 0 atom stereocenters. The van der Waals surface area contributed by atoms with Crippen molar-refractivity contribution in [2.45, 2.75) is 6.92 Å².